The van der Waals surface area contributed by atoms with Crippen LogP contribution in [0.1, 0.15) is 20.8 Å². The van der Waals surface area contributed by atoms with Crippen molar-refractivity contribution < 1.29 is 13.9 Å². The summed E-state index contributed by atoms with van der Waals surface area (Å²) in [6, 6.07) is 9.57. The smallest absolute Gasteiger partial charge is 0.409 e. The van der Waals surface area contributed by atoms with Gasteiger partial charge in [0.05, 0.1) is 11.9 Å². The van der Waals surface area contributed by atoms with Crippen LogP contribution in [-0.4, -0.2) is 21.0 Å². The van der Waals surface area contributed by atoms with E-state index in [0.717, 1.165) is 5.56 Å². The van der Waals surface area contributed by atoms with Crippen LogP contribution in [0.4, 0.5) is 9.18 Å². The number of nitrogens with one attached hydrogen (secondary N) is 1. The third-order valence-corrected chi connectivity index (χ3v) is 3.25. The Morgan fingerprint density at radius 3 is 2.50 bits per heavy atom. The average molecular weight is 327 g/mol. The first kappa shape index (κ1) is 16.0. The van der Waals surface area contributed by atoms with Crippen LogP contribution in [0, 0.1) is 5.82 Å². The molecule has 6 heteroatoms. The van der Waals surface area contributed by atoms with E-state index < -0.39 is 6.09 Å². The van der Waals surface area contributed by atoms with Gasteiger partial charge in [-0.3, -0.25) is 0 Å². The molecule has 24 heavy (non-hydrogen) atoms. The summed E-state index contributed by atoms with van der Waals surface area (Å²) in [5.74, 6) is 0.121. The van der Waals surface area contributed by atoms with Crippen molar-refractivity contribution in [3.8, 4) is 17.0 Å². The van der Waals surface area contributed by atoms with Crippen LogP contribution < -0.4 is 10.1 Å². The second kappa shape index (κ2) is 5.96. The number of hydrogen-bond donors (Lipinski definition) is 1. The Hall–Kier alpha value is -2.89. The van der Waals surface area contributed by atoms with E-state index in [4.69, 9.17) is 4.74 Å². The van der Waals surface area contributed by atoms with E-state index in [2.05, 4.69) is 10.3 Å². The van der Waals surface area contributed by atoms with E-state index in [-0.39, 0.29) is 11.4 Å². The number of hydrogen-bond acceptors (Lipinski definition) is 3. The van der Waals surface area contributed by atoms with Gasteiger partial charge in [0.1, 0.15) is 17.2 Å². The Labute approximate surface area is 139 Å². The fourth-order valence-corrected chi connectivity index (χ4v) is 2.23. The Balaban J connectivity index is 1.84. The van der Waals surface area contributed by atoms with E-state index >= 15 is 0 Å². The van der Waals surface area contributed by atoms with Crippen LogP contribution in [0.5, 0.6) is 5.75 Å². The summed E-state index contributed by atoms with van der Waals surface area (Å²) >= 11 is 0. The van der Waals surface area contributed by atoms with E-state index in [1.807, 2.05) is 20.8 Å². The molecule has 0 aliphatic heterocycles. The van der Waals surface area contributed by atoms with Crippen molar-refractivity contribution in [3.63, 3.8) is 0 Å². The summed E-state index contributed by atoms with van der Waals surface area (Å²) in [5.41, 5.74) is 1.86. The zero-order valence-electron chi connectivity index (χ0n) is 13.7. The van der Waals surface area contributed by atoms with E-state index in [9.17, 15) is 9.18 Å². The number of rotatable bonds is 2. The second-order valence-corrected chi connectivity index (χ2v) is 6.53. The maximum atomic E-state index is 13.0. The highest BCUT2D eigenvalue weighted by molar-refractivity contribution is 5.71. The van der Waals surface area contributed by atoms with Crippen LogP contribution in [0.2, 0.25) is 0 Å². The average Bonchev–Trinajstić information content (AvgIpc) is 2.89. The lowest BCUT2D eigenvalue weighted by Crippen LogP contribution is -2.42. The van der Waals surface area contributed by atoms with Gasteiger partial charge < -0.3 is 14.5 Å². The number of aromatic nitrogens is 2. The molecule has 0 aliphatic carbocycles. The molecule has 1 N–H and O–H groups in total. The number of carbonyl (C=O) groups excluding carboxylic acids is 1. The number of fused-ring (bicyclic) bond motifs is 1. The Morgan fingerprint density at radius 1 is 1.12 bits per heavy atom. The van der Waals surface area contributed by atoms with Crippen molar-refractivity contribution in [1.29, 1.82) is 0 Å². The topological polar surface area (TPSA) is 55.6 Å². The lowest BCUT2D eigenvalue weighted by Gasteiger charge is -2.19. The van der Waals surface area contributed by atoms with Crippen molar-refractivity contribution in [3.05, 3.63) is 54.6 Å². The molecule has 3 rings (SSSR count). The summed E-state index contributed by atoms with van der Waals surface area (Å²) < 4.78 is 20.1. The summed E-state index contributed by atoms with van der Waals surface area (Å²) in [6.07, 6.45) is 2.97. The summed E-state index contributed by atoms with van der Waals surface area (Å²) in [7, 11) is 0. The van der Waals surface area contributed by atoms with Crippen molar-refractivity contribution in [2.75, 3.05) is 0 Å². The first-order valence-electron chi connectivity index (χ1n) is 7.55. The fraction of sp³-hybridized carbons (Fsp3) is 0.222. The first-order chi connectivity index (χ1) is 11.3. The molecule has 0 unspecified atom stereocenters. The van der Waals surface area contributed by atoms with Gasteiger partial charge in [0, 0.05) is 17.3 Å². The first-order valence-corrected chi connectivity index (χ1v) is 7.55. The van der Waals surface area contributed by atoms with Gasteiger partial charge in [0.15, 0.2) is 0 Å². The van der Waals surface area contributed by atoms with E-state index in [1.165, 1.54) is 12.1 Å². The maximum Gasteiger partial charge on any atom is 0.413 e. The highest BCUT2D eigenvalue weighted by Crippen LogP contribution is 2.21. The lowest BCUT2D eigenvalue weighted by molar-refractivity contribution is 0.190. The predicted molar refractivity (Wildman–Crippen MR) is 89.5 cm³/mol. The van der Waals surface area contributed by atoms with Crippen molar-refractivity contribution in [2.45, 2.75) is 26.3 Å². The molecular formula is C18H18FN3O2. The van der Waals surface area contributed by atoms with Gasteiger partial charge in [-0.1, -0.05) is 0 Å². The highest BCUT2D eigenvalue weighted by atomic mass is 19.1. The third-order valence-electron chi connectivity index (χ3n) is 3.25. The number of nitrogens with zero attached hydrogens (tertiary/aromatic N) is 2. The number of carbonyl (C=O) groups is 1. The molecule has 5 nitrogen and oxygen atoms in total. The molecule has 0 aliphatic rings. The van der Waals surface area contributed by atoms with Gasteiger partial charge in [-0.05, 0) is 57.2 Å². The van der Waals surface area contributed by atoms with E-state index in [0.29, 0.717) is 17.1 Å². The molecule has 1 amide bonds. The summed E-state index contributed by atoms with van der Waals surface area (Å²) in [4.78, 5) is 16.3. The fourth-order valence-electron chi connectivity index (χ4n) is 2.23. The van der Waals surface area contributed by atoms with Crippen LogP contribution in [-0.2, 0) is 0 Å². The van der Waals surface area contributed by atoms with Crippen LogP contribution in [0.25, 0.3) is 16.9 Å². The molecule has 0 bridgehead atoms. The van der Waals surface area contributed by atoms with Crippen LogP contribution >= 0.6 is 0 Å². The minimum atomic E-state index is -0.513. The maximum absolute atomic E-state index is 13.0. The van der Waals surface area contributed by atoms with Gasteiger partial charge in [0.25, 0.3) is 0 Å². The standard InChI is InChI=1S/C18H18FN3O2/c1-18(2,3)21-17(23)24-14-8-9-16-20-15(11-22(16)10-14)12-4-6-13(19)7-5-12/h4-11H,1-3H3,(H,21,23). The molecule has 0 saturated heterocycles. The molecule has 0 spiro atoms. The molecule has 2 heterocycles. The summed E-state index contributed by atoms with van der Waals surface area (Å²) in [6.45, 7) is 5.63. The van der Waals surface area contributed by atoms with Gasteiger partial charge in [-0.15, -0.1) is 0 Å². The van der Waals surface area contributed by atoms with Crippen molar-refractivity contribution in [2.24, 2.45) is 0 Å². The number of halogens is 1. The molecule has 0 radical (unpaired) electrons. The molecule has 3 aromatic rings. The summed E-state index contributed by atoms with van der Waals surface area (Å²) in [5, 5.41) is 2.73. The largest absolute Gasteiger partial charge is 0.413 e. The lowest BCUT2D eigenvalue weighted by atomic mass is 10.1. The number of amides is 1. The predicted octanol–water partition coefficient (Wildman–Crippen LogP) is 4.03. The number of ether oxygens (including phenoxy) is 1. The monoisotopic (exact) mass is 327 g/mol. The molecule has 0 fully saturated rings. The minimum absolute atomic E-state index is 0.289. The number of benzene rings is 1. The number of pyridine rings is 1. The van der Waals surface area contributed by atoms with Crippen molar-refractivity contribution in [1.82, 2.24) is 14.7 Å². The molecule has 0 saturated carbocycles. The molecular weight excluding hydrogens is 309 g/mol. The molecule has 1 aromatic carbocycles. The molecule has 0 atom stereocenters. The minimum Gasteiger partial charge on any atom is -0.409 e. The van der Waals surface area contributed by atoms with Crippen LogP contribution in [0.3, 0.4) is 0 Å². The Morgan fingerprint density at radius 2 is 1.83 bits per heavy atom. The molecule has 124 valence electrons. The third kappa shape index (κ3) is 3.71. The Kier molecular flexibility index (Phi) is 3.97. The number of imidazole rings is 1. The zero-order chi connectivity index (χ0) is 17.3. The quantitative estimate of drug-likeness (QED) is 0.773. The van der Waals surface area contributed by atoms with Gasteiger partial charge in [-0.2, -0.15) is 0 Å². The van der Waals surface area contributed by atoms with Crippen molar-refractivity contribution >= 4 is 11.7 Å². The van der Waals surface area contributed by atoms with Gasteiger partial charge >= 0.3 is 6.09 Å². The second-order valence-electron chi connectivity index (χ2n) is 6.53. The van der Waals surface area contributed by atoms with Crippen LogP contribution in [0.15, 0.2) is 48.8 Å². The highest BCUT2D eigenvalue weighted by Gasteiger charge is 2.15. The SMILES string of the molecule is CC(C)(C)NC(=O)Oc1ccc2nc(-c3ccc(F)cc3)cn2c1. The van der Waals surface area contributed by atoms with Gasteiger partial charge in [0.2, 0.25) is 0 Å². The van der Waals surface area contributed by atoms with E-state index in [1.54, 1.807) is 41.1 Å². The zero-order valence-corrected chi connectivity index (χ0v) is 13.7. The molecule has 2 aromatic heterocycles. The Bertz CT molecular complexity index is 879. The normalized spacial score (nSPS) is 11.5. The van der Waals surface area contributed by atoms with Gasteiger partial charge in [-0.25, -0.2) is 14.2 Å².